The number of carbonyl (C=O) groups excluding carboxylic acids is 1. The molecule has 0 amide bonds. The van der Waals surface area contributed by atoms with Crippen LogP contribution in [0.15, 0.2) is 21.3 Å². The molecule has 1 N–H and O–H groups in total. The van der Waals surface area contributed by atoms with Gasteiger partial charge in [-0.2, -0.15) is 0 Å². The van der Waals surface area contributed by atoms with Crippen molar-refractivity contribution in [1.82, 2.24) is 4.98 Å². The second kappa shape index (κ2) is 3.23. The number of oxazole rings is 1. The first kappa shape index (κ1) is 9.45. The summed E-state index contributed by atoms with van der Waals surface area (Å²) >= 11 is 0. The number of carbonyl (C=O) groups is 1. The van der Waals surface area contributed by atoms with E-state index in [4.69, 9.17) is 0 Å². The summed E-state index contributed by atoms with van der Waals surface area (Å²) in [7, 11) is 1.14. The average Bonchev–Trinajstić information content (AvgIpc) is 2.59. The monoisotopic (exact) mass is 211 g/mol. The number of H-pyrrole nitrogens is 1. The lowest BCUT2D eigenvalue weighted by molar-refractivity contribution is 0.0595. The number of esters is 1. The number of methoxy groups -OCH3 is 1. The van der Waals surface area contributed by atoms with Crippen molar-refractivity contribution in [3.63, 3.8) is 0 Å². The normalized spacial score (nSPS) is 10.5. The second-order valence-electron chi connectivity index (χ2n) is 2.81. The van der Waals surface area contributed by atoms with Crippen molar-refractivity contribution < 1.29 is 18.3 Å². The quantitative estimate of drug-likeness (QED) is 0.715. The number of ether oxygens (including phenoxy) is 1. The Morgan fingerprint density at radius 3 is 2.93 bits per heavy atom. The fraction of sp³-hybridized carbons (Fsp3) is 0.111. The van der Waals surface area contributed by atoms with Crippen LogP contribution in [0.4, 0.5) is 4.39 Å². The van der Waals surface area contributed by atoms with Crippen molar-refractivity contribution in [3.8, 4) is 0 Å². The number of benzene rings is 1. The maximum absolute atomic E-state index is 13.6. The van der Waals surface area contributed by atoms with E-state index < -0.39 is 17.5 Å². The third-order valence-corrected chi connectivity index (χ3v) is 1.93. The Morgan fingerprint density at radius 2 is 2.27 bits per heavy atom. The van der Waals surface area contributed by atoms with E-state index in [0.29, 0.717) is 0 Å². The Kier molecular flexibility index (Phi) is 2.03. The third kappa shape index (κ3) is 1.39. The molecule has 0 aliphatic rings. The molecule has 1 heterocycles. The van der Waals surface area contributed by atoms with Crippen LogP contribution in [0.5, 0.6) is 0 Å². The largest absolute Gasteiger partial charge is 0.465 e. The molecule has 0 fully saturated rings. The number of aromatic nitrogens is 1. The molecule has 2 rings (SSSR count). The molecule has 0 bridgehead atoms. The number of rotatable bonds is 1. The Morgan fingerprint density at radius 1 is 1.53 bits per heavy atom. The predicted molar refractivity (Wildman–Crippen MR) is 48.1 cm³/mol. The van der Waals surface area contributed by atoms with Gasteiger partial charge < -0.3 is 9.15 Å². The average molecular weight is 211 g/mol. The van der Waals surface area contributed by atoms with Gasteiger partial charge in [0.05, 0.1) is 18.2 Å². The SMILES string of the molecule is COC(=O)c1ccc2[nH]c(=O)oc2c1F. The van der Waals surface area contributed by atoms with E-state index in [1.807, 2.05) is 0 Å². The first-order chi connectivity index (χ1) is 7.13. The van der Waals surface area contributed by atoms with Gasteiger partial charge in [-0.3, -0.25) is 4.98 Å². The van der Waals surface area contributed by atoms with Crippen LogP contribution in [0, 0.1) is 5.82 Å². The van der Waals surface area contributed by atoms with Gasteiger partial charge in [0.2, 0.25) is 0 Å². The van der Waals surface area contributed by atoms with Crippen LogP contribution in [-0.4, -0.2) is 18.1 Å². The van der Waals surface area contributed by atoms with E-state index in [-0.39, 0.29) is 16.7 Å². The van der Waals surface area contributed by atoms with E-state index in [1.165, 1.54) is 12.1 Å². The highest BCUT2D eigenvalue weighted by atomic mass is 19.1. The van der Waals surface area contributed by atoms with Crippen LogP contribution in [0.1, 0.15) is 10.4 Å². The first-order valence-electron chi connectivity index (χ1n) is 4.03. The minimum absolute atomic E-state index is 0.199. The van der Waals surface area contributed by atoms with Gasteiger partial charge in [0.25, 0.3) is 0 Å². The summed E-state index contributed by atoms with van der Waals surface area (Å²) < 4.78 is 22.5. The molecule has 0 unspecified atom stereocenters. The van der Waals surface area contributed by atoms with Gasteiger partial charge >= 0.3 is 11.7 Å². The molecule has 1 aromatic heterocycles. The Balaban J connectivity index is 2.74. The van der Waals surface area contributed by atoms with E-state index in [9.17, 15) is 14.0 Å². The smallest absolute Gasteiger partial charge is 0.417 e. The molecule has 5 nitrogen and oxygen atoms in total. The maximum atomic E-state index is 13.6. The number of halogens is 1. The van der Waals surface area contributed by atoms with Crippen molar-refractivity contribution in [1.29, 1.82) is 0 Å². The Bertz CT molecular complexity index is 583. The fourth-order valence-corrected chi connectivity index (χ4v) is 1.25. The van der Waals surface area contributed by atoms with Gasteiger partial charge in [-0.15, -0.1) is 0 Å². The zero-order valence-corrected chi connectivity index (χ0v) is 7.67. The molecule has 78 valence electrons. The molecule has 1 aromatic carbocycles. The highest BCUT2D eigenvalue weighted by molar-refractivity contribution is 5.93. The zero-order chi connectivity index (χ0) is 11.0. The van der Waals surface area contributed by atoms with E-state index in [1.54, 1.807) is 0 Å². The maximum Gasteiger partial charge on any atom is 0.417 e. The van der Waals surface area contributed by atoms with Gasteiger partial charge in [0, 0.05) is 0 Å². The summed E-state index contributed by atoms with van der Waals surface area (Å²) in [5.41, 5.74) is -0.346. The fourth-order valence-electron chi connectivity index (χ4n) is 1.25. The van der Waals surface area contributed by atoms with Crippen molar-refractivity contribution in [2.45, 2.75) is 0 Å². The van der Waals surface area contributed by atoms with Crippen LogP contribution in [0.2, 0.25) is 0 Å². The second-order valence-corrected chi connectivity index (χ2v) is 2.81. The molecule has 0 spiro atoms. The van der Waals surface area contributed by atoms with Gasteiger partial charge in [-0.25, -0.2) is 14.0 Å². The number of aromatic amines is 1. The van der Waals surface area contributed by atoms with Crippen molar-refractivity contribution >= 4 is 17.1 Å². The lowest BCUT2D eigenvalue weighted by Crippen LogP contribution is -2.04. The number of fused-ring (bicyclic) bond motifs is 1. The number of hydrogen-bond acceptors (Lipinski definition) is 4. The lowest BCUT2D eigenvalue weighted by Gasteiger charge is -1.99. The molecule has 0 aliphatic carbocycles. The molecule has 2 aromatic rings. The molecule has 0 radical (unpaired) electrons. The first-order valence-corrected chi connectivity index (χ1v) is 4.03. The number of nitrogens with one attached hydrogen (secondary N) is 1. The summed E-state index contributed by atoms with van der Waals surface area (Å²) in [5, 5.41) is 0. The van der Waals surface area contributed by atoms with Crippen molar-refractivity contribution in [2.24, 2.45) is 0 Å². The molecule has 0 aliphatic heterocycles. The van der Waals surface area contributed by atoms with E-state index in [2.05, 4.69) is 14.1 Å². The van der Waals surface area contributed by atoms with Crippen LogP contribution in [0.25, 0.3) is 11.1 Å². The molecule has 15 heavy (non-hydrogen) atoms. The number of hydrogen-bond donors (Lipinski definition) is 1. The van der Waals surface area contributed by atoms with E-state index >= 15 is 0 Å². The van der Waals surface area contributed by atoms with Gasteiger partial charge in [0.15, 0.2) is 11.4 Å². The van der Waals surface area contributed by atoms with Crippen LogP contribution in [-0.2, 0) is 4.74 Å². The molecule has 6 heteroatoms. The summed E-state index contributed by atoms with van der Waals surface area (Å²) in [4.78, 5) is 24.1. The standard InChI is InChI=1S/C9H6FNO4/c1-14-8(12)4-2-3-5-7(6(4)10)15-9(13)11-5/h2-3H,1H3,(H,11,13). The van der Waals surface area contributed by atoms with Crippen molar-refractivity contribution in [2.75, 3.05) is 7.11 Å². The van der Waals surface area contributed by atoms with Crippen LogP contribution in [0.3, 0.4) is 0 Å². The van der Waals surface area contributed by atoms with Crippen LogP contribution >= 0.6 is 0 Å². The van der Waals surface area contributed by atoms with Crippen molar-refractivity contribution in [3.05, 3.63) is 34.1 Å². The van der Waals surface area contributed by atoms with Crippen LogP contribution < -0.4 is 5.76 Å². The van der Waals surface area contributed by atoms with Gasteiger partial charge in [-0.1, -0.05) is 0 Å². The molecule has 0 saturated carbocycles. The Hall–Kier alpha value is -2.11. The van der Waals surface area contributed by atoms with Gasteiger partial charge in [0.1, 0.15) is 0 Å². The minimum Gasteiger partial charge on any atom is -0.465 e. The third-order valence-electron chi connectivity index (χ3n) is 1.93. The predicted octanol–water partition coefficient (Wildman–Crippen LogP) is 1.05. The molecular formula is C9H6FNO4. The Labute approximate surface area is 82.5 Å². The summed E-state index contributed by atoms with van der Waals surface area (Å²) in [6, 6.07) is 2.59. The highest BCUT2D eigenvalue weighted by Crippen LogP contribution is 2.18. The lowest BCUT2D eigenvalue weighted by atomic mass is 10.2. The van der Waals surface area contributed by atoms with Gasteiger partial charge in [-0.05, 0) is 12.1 Å². The summed E-state index contributed by atoms with van der Waals surface area (Å²) in [6.45, 7) is 0. The molecule has 0 atom stereocenters. The molecular weight excluding hydrogens is 205 g/mol. The highest BCUT2D eigenvalue weighted by Gasteiger charge is 2.17. The zero-order valence-electron chi connectivity index (χ0n) is 7.67. The topological polar surface area (TPSA) is 72.3 Å². The molecule has 0 saturated heterocycles. The summed E-state index contributed by atoms with van der Waals surface area (Å²) in [6.07, 6.45) is 0. The van der Waals surface area contributed by atoms with E-state index in [0.717, 1.165) is 7.11 Å². The minimum atomic E-state index is -0.905. The summed E-state index contributed by atoms with van der Waals surface area (Å²) in [5.74, 6) is -2.50.